The zero-order valence-electron chi connectivity index (χ0n) is 8.66. The maximum absolute atomic E-state index is 5.64. The molecule has 0 saturated heterocycles. The van der Waals surface area contributed by atoms with Gasteiger partial charge >= 0.3 is 0 Å². The molecule has 2 aromatic heterocycles. The Morgan fingerprint density at radius 2 is 2.47 bits per heavy atom. The largest absolute Gasteiger partial charge is 0.469 e. The molecule has 15 heavy (non-hydrogen) atoms. The molecule has 4 nitrogen and oxygen atoms in total. The van der Waals surface area contributed by atoms with E-state index in [1.54, 1.807) is 0 Å². The van der Waals surface area contributed by atoms with Crippen molar-refractivity contribution in [2.45, 2.75) is 26.4 Å². The topological polar surface area (TPSA) is 57.0 Å². The highest BCUT2D eigenvalue weighted by Gasteiger charge is 2.22. The molecular formula is C11H13N3O. The van der Waals surface area contributed by atoms with Crippen molar-refractivity contribution < 1.29 is 4.42 Å². The van der Waals surface area contributed by atoms with E-state index in [1.165, 1.54) is 11.1 Å². The zero-order chi connectivity index (χ0) is 10.4. The lowest BCUT2D eigenvalue weighted by Crippen LogP contribution is -2.14. The van der Waals surface area contributed by atoms with Crippen molar-refractivity contribution in [2.75, 3.05) is 0 Å². The Labute approximate surface area is 87.7 Å². The molecule has 0 atom stereocenters. The van der Waals surface area contributed by atoms with Gasteiger partial charge < -0.3 is 14.7 Å². The van der Waals surface area contributed by atoms with E-state index in [2.05, 4.69) is 9.55 Å². The first-order valence-electron chi connectivity index (χ1n) is 5.13. The van der Waals surface area contributed by atoms with Gasteiger partial charge in [0.25, 0.3) is 0 Å². The molecule has 0 radical (unpaired) electrons. The molecule has 1 aliphatic heterocycles. The first-order chi connectivity index (χ1) is 7.31. The van der Waals surface area contributed by atoms with E-state index in [0.29, 0.717) is 6.54 Å². The average molecular weight is 203 g/mol. The Kier molecular flexibility index (Phi) is 1.73. The van der Waals surface area contributed by atoms with Crippen LogP contribution in [0.4, 0.5) is 0 Å². The predicted octanol–water partition coefficient (Wildman–Crippen LogP) is 1.47. The Hall–Kier alpha value is -1.55. The monoisotopic (exact) mass is 203 g/mol. The molecule has 0 amide bonds. The van der Waals surface area contributed by atoms with E-state index < -0.39 is 0 Å². The molecule has 0 bridgehead atoms. The number of hydrogen-bond acceptors (Lipinski definition) is 3. The summed E-state index contributed by atoms with van der Waals surface area (Å²) in [4.78, 5) is 4.32. The van der Waals surface area contributed by atoms with Gasteiger partial charge in [-0.15, -0.1) is 0 Å². The number of rotatable bonds is 1. The van der Waals surface area contributed by atoms with Crippen LogP contribution < -0.4 is 5.73 Å². The van der Waals surface area contributed by atoms with Crippen molar-refractivity contribution in [3.63, 3.8) is 0 Å². The summed E-state index contributed by atoms with van der Waals surface area (Å²) in [5, 5.41) is 0. The number of nitrogens with zero attached hydrogens (tertiary/aromatic N) is 2. The third-order valence-electron chi connectivity index (χ3n) is 3.09. The zero-order valence-corrected chi connectivity index (χ0v) is 8.66. The minimum atomic E-state index is 0.492. The molecule has 78 valence electrons. The molecule has 0 unspecified atom stereocenters. The number of nitrogens with two attached hydrogens (primary N) is 1. The predicted molar refractivity (Wildman–Crippen MR) is 56.3 cm³/mol. The fraction of sp³-hybridized carbons (Fsp3) is 0.364. The lowest BCUT2D eigenvalue weighted by atomic mass is 10.0. The number of fused-ring (bicyclic) bond motifs is 3. The number of hydrogen-bond donors (Lipinski definition) is 1. The van der Waals surface area contributed by atoms with Gasteiger partial charge in [0.1, 0.15) is 17.8 Å². The third kappa shape index (κ3) is 1.08. The number of furan rings is 1. The van der Waals surface area contributed by atoms with Crippen LogP contribution in [0.1, 0.15) is 17.1 Å². The van der Waals surface area contributed by atoms with Crippen molar-refractivity contribution >= 4 is 0 Å². The van der Waals surface area contributed by atoms with E-state index in [9.17, 15) is 0 Å². The summed E-state index contributed by atoms with van der Waals surface area (Å²) in [6, 6.07) is 0. The standard InChI is InChI=1S/C11H13N3O/c1-7-8-2-3-14-10(9(8)6-15-7)5-13-11(14)4-12/h5-6H,2-4,12H2,1H3. The summed E-state index contributed by atoms with van der Waals surface area (Å²) >= 11 is 0. The lowest BCUT2D eigenvalue weighted by Gasteiger charge is -2.16. The summed E-state index contributed by atoms with van der Waals surface area (Å²) in [5.74, 6) is 1.97. The van der Waals surface area contributed by atoms with Crippen molar-refractivity contribution in [2.24, 2.45) is 5.73 Å². The summed E-state index contributed by atoms with van der Waals surface area (Å²) in [6.45, 7) is 3.45. The molecule has 0 saturated carbocycles. The number of aryl methyl sites for hydroxylation is 1. The van der Waals surface area contributed by atoms with Crippen LogP contribution in [0.5, 0.6) is 0 Å². The number of imidazole rings is 1. The van der Waals surface area contributed by atoms with Gasteiger partial charge in [-0.1, -0.05) is 0 Å². The summed E-state index contributed by atoms with van der Waals surface area (Å²) < 4.78 is 7.62. The second-order valence-electron chi connectivity index (χ2n) is 3.85. The molecule has 0 fully saturated rings. The van der Waals surface area contributed by atoms with Crippen LogP contribution in [-0.2, 0) is 19.5 Å². The molecule has 0 spiro atoms. The van der Waals surface area contributed by atoms with Crippen LogP contribution in [0.2, 0.25) is 0 Å². The summed E-state index contributed by atoms with van der Waals surface area (Å²) in [5.41, 5.74) is 9.25. The van der Waals surface area contributed by atoms with E-state index in [1.807, 2.05) is 19.4 Å². The second kappa shape index (κ2) is 2.97. The normalized spacial score (nSPS) is 13.7. The van der Waals surface area contributed by atoms with Crippen LogP contribution in [0, 0.1) is 6.92 Å². The number of aromatic nitrogens is 2. The van der Waals surface area contributed by atoms with Gasteiger partial charge in [-0.3, -0.25) is 0 Å². The minimum Gasteiger partial charge on any atom is -0.469 e. The summed E-state index contributed by atoms with van der Waals surface area (Å²) in [6.07, 6.45) is 4.71. The van der Waals surface area contributed by atoms with Crippen LogP contribution in [-0.4, -0.2) is 9.55 Å². The second-order valence-corrected chi connectivity index (χ2v) is 3.85. The minimum absolute atomic E-state index is 0.492. The van der Waals surface area contributed by atoms with Gasteiger partial charge in [0, 0.05) is 17.7 Å². The van der Waals surface area contributed by atoms with Gasteiger partial charge in [0.2, 0.25) is 0 Å². The Balaban J connectivity index is 2.22. The van der Waals surface area contributed by atoms with Crippen molar-refractivity contribution in [1.82, 2.24) is 9.55 Å². The highest BCUT2D eigenvalue weighted by Crippen LogP contribution is 2.33. The molecule has 3 heterocycles. The SMILES string of the molecule is Cc1occ2c1CCn1c-2cnc1CN. The van der Waals surface area contributed by atoms with Crippen molar-refractivity contribution in [1.29, 1.82) is 0 Å². The molecule has 3 rings (SSSR count). The smallest absolute Gasteiger partial charge is 0.122 e. The first-order valence-corrected chi connectivity index (χ1v) is 5.13. The van der Waals surface area contributed by atoms with Crippen LogP contribution in [0.3, 0.4) is 0 Å². The molecule has 0 aromatic carbocycles. The maximum atomic E-state index is 5.64. The fourth-order valence-electron chi connectivity index (χ4n) is 2.27. The molecule has 2 aromatic rings. The van der Waals surface area contributed by atoms with Gasteiger partial charge in [-0.25, -0.2) is 4.98 Å². The molecule has 0 aliphatic carbocycles. The maximum Gasteiger partial charge on any atom is 0.122 e. The van der Waals surface area contributed by atoms with Gasteiger partial charge in [-0.05, 0) is 13.3 Å². The highest BCUT2D eigenvalue weighted by atomic mass is 16.3. The Morgan fingerprint density at radius 1 is 1.60 bits per heavy atom. The van der Waals surface area contributed by atoms with Crippen molar-refractivity contribution in [3.8, 4) is 11.3 Å². The van der Waals surface area contributed by atoms with Gasteiger partial charge in [0.05, 0.1) is 18.4 Å². The molecule has 2 N–H and O–H groups in total. The Morgan fingerprint density at radius 3 is 3.27 bits per heavy atom. The third-order valence-corrected chi connectivity index (χ3v) is 3.09. The molecular weight excluding hydrogens is 190 g/mol. The van der Waals surface area contributed by atoms with Gasteiger partial charge in [0.15, 0.2) is 0 Å². The van der Waals surface area contributed by atoms with E-state index in [4.69, 9.17) is 10.2 Å². The molecule has 1 aliphatic rings. The summed E-state index contributed by atoms with van der Waals surface area (Å²) in [7, 11) is 0. The molecule has 4 heteroatoms. The van der Waals surface area contributed by atoms with E-state index in [0.717, 1.165) is 30.2 Å². The van der Waals surface area contributed by atoms with Crippen molar-refractivity contribution in [3.05, 3.63) is 29.6 Å². The Bertz CT molecular complexity index is 510. The highest BCUT2D eigenvalue weighted by molar-refractivity contribution is 5.65. The lowest BCUT2D eigenvalue weighted by molar-refractivity contribution is 0.529. The fourth-order valence-corrected chi connectivity index (χ4v) is 2.27. The van der Waals surface area contributed by atoms with E-state index in [-0.39, 0.29) is 0 Å². The quantitative estimate of drug-likeness (QED) is 0.763. The van der Waals surface area contributed by atoms with Crippen LogP contribution in [0.25, 0.3) is 11.3 Å². The van der Waals surface area contributed by atoms with Crippen LogP contribution in [0.15, 0.2) is 16.9 Å². The van der Waals surface area contributed by atoms with E-state index >= 15 is 0 Å². The van der Waals surface area contributed by atoms with Gasteiger partial charge in [-0.2, -0.15) is 0 Å². The first kappa shape index (κ1) is 8.73. The van der Waals surface area contributed by atoms with Crippen LogP contribution >= 0.6 is 0 Å². The average Bonchev–Trinajstić information content (AvgIpc) is 2.81.